The molecule has 0 spiro atoms. The van der Waals surface area contributed by atoms with Gasteiger partial charge in [0.1, 0.15) is 13.2 Å². The molecule has 1 aliphatic heterocycles. The zero-order valence-electron chi connectivity index (χ0n) is 19.4. The lowest BCUT2D eigenvalue weighted by atomic mass is 10.1. The summed E-state index contributed by atoms with van der Waals surface area (Å²) in [6, 6.07) is 19.7. The minimum absolute atomic E-state index is 0.178. The third kappa shape index (κ3) is 5.51. The molecule has 0 saturated heterocycles. The highest BCUT2D eigenvalue weighted by molar-refractivity contribution is 7.92. The standard InChI is InChI=1S/C26H28N2O5S/c1-18-5-4-6-23(15-18)28(34(3,30)31)17-20-7-9-21(10-8-20)26(29)27-19(2)22-11-12-24-25(16-22)33-14-13-32-24/h4-12,15-16,19H,13-14,17H2,1-3H3,(H,27,29)/t19-/m0/s1. The lowest BCUT2D eigenvalue weighted by Gasteiger charge is -2.23. The van der Waals surface area contributed by atoms with E-state index in [4.69, 9.17) is 9.47 Å². The third-order valence-corrected chi connectivity index (χ3v) is 6.79. The number of ether oxygens (including phenoxy) is 2. The zero-order chi connectivity index (χ0) is 24.3. The number of sulfonamides is 1. The summed E-state index contributed by atoms with van der Waals surface area (Å²) < 4.78 is 37.4. The first kappa shape index (κ1) is 23.6. The first-order chi connectivity index (χ1) is 16.2. The Bertz CT molecular complexity index is 1290. The second-order valence-electron chi connectivity index (χ2n) is 8.40. The van der Waals surface area contributed by atoms with Crippen LogP contribution in [-0.2, 0) is 16.6 Å². The largest absolute Gasteiger partial charge is 0.486 e. The number of fused-ring (bicyclic) bond motifs is 1. The number of nitrogens with zero attached hydrogens (tertiary/aromatic N) is 1. The smallest absolute Gasteiger partial charge is 0.251 e. The first-order valence-electron chi connectivity index (χ1n) is 11.0. The predicted octanol–water partition coefficient (Wildman–Crippen LogP) is 4.22. The van der Waals surface area contributed by atoms with Gasteiger partial charge >= 0.3 is 0 Å². The van der Waals surface area contributed by atoms with Crippen LogP contribution in [0.1, 0.15) is 40.0 Å². The van der Waals surface area contributed by atoms with Crippen molar-refractivity contribution in [3.05, 3.63) is 89.0 Å². The fourth-order valence-electron chi connectivity index (χ4n) is 3.80. The van der Waals surface area contributed by atoms with Gasteiger partial charge in [-0.05, 0) is 66.9 Å². The Labute approximate surface area is 200 Å². The Balaban J connectivity index is 1.44. The molecule has 0 radical (unpaired) electrons. The van der Waals surface area contributed by atoms with Gasteiger partial charge in [-0.3, -0.25) is 9.10 Å². The molecule has 8 heteroatoms. The molecule has 0 unspecified atom stereocenters. The highest BCUT2D eigenvalue weighted by atomic mass is 32.2. The number of anilines is 1. The normalized spacial score (nSPS) is 13.7. The number of hydrogen-bond donors (Lipinski definition) is 1. The monoisotopic (exact) mass is 480 g/mol. The Morgan fingerprint density at radius 2 is 1.71 bits per heavy atom. The fourth-order valence-corrected chi connectivity index (χ4v) is 4.68. The van der Waals surface area contributed by atoms with Gasteiger partial charge in [0.05, 0.1) is 24.5 Å². The van der Waals surface area contributed by atoms with Crippen molar-refractivity contribution < 1.29 is 22.7 Å². The van der Waals surface area contributed by atoms with Gasteiger partial charge in [-0.2, -0.15) is 0 Å². The molecule has 4 rings (SSSR count). The van der Waals surface area contributed by atoms with Crippen molar-refractivity contribution in [3.8, 4) is 11.5 Å². The van der Waals surface area contributed by atoms with Gasteiger partial charge in [0.25, 0.3) is 5.91 Å². The maximum Gasteiger partial charge on any atom is 0.251 e. The van der Waals surface area contributed by atoms with Crippen LogP contribution in [0.25, 0.3) is 0 Å². The molecule has 0 bridgehead atoms. The van der Waals surface area contributed by atoms with Crippen LogP contribution < -0.4 is 19.1 Å². The van der Waals surface area contributed by atoms with Gasteiger partial charge in [-0.15, -0.1) is 0 Å². The molecule has 0 aromatic heterocycles. The lowest BCUT2D eigenvalue weighted by molar-refractivity contribution is 0.0939. The Hall–Kier alpha value is -3.52. The van der Waals surface area contributed by atoms with Crippen LogP contribution in [-0.4, -0.2) is 33.8 Å². The Morgan fingerprint density at radius 1 is 1.00 bits per heavy atom. The predicted molar refractivity (Wildman–Crippen MR) is 132 cm³/mol. The van der Waals surface area contributed by atoms with Crippen molar-refractivity contribution in [2.24, 2.45) is 0 Å². The molecule has 7 nitrogen and oxygen atoms in total. The molecule has 1 heterocycles. The second-order valence-corrected chi connectivity index (χ2v) is 10.3. The van der Waals surface area contributed by atoms with Crippen LogP contribution in [0.2, 0.25) is 0 Å². The van der Waals surface area contributed by atoms with Gasteiger partial charge in [-0.1, -0.05) is 30.3 Å². The number of amides is 1. The zero-order valence-corrected chi connectivity index (χ0v) is 20.3. The summed E-state index contributed by atoms with van der Waals surface area (Å²) >= 11 is 0. The van der Waals surface area contributed by atoms with Gasteiger partial charge in [0, 0.05) is 5.56 Å². The summed E-state index contributed by atoms with van der Waals surface area (Å²) in [6.07, 6.45) is 1.19. The number of nitrogens with one attached hydrogen (secondary N) is 1. The maximum atomic E-state index is 12.8. The number of benzene rings is 3. The van der Waals surface area contributed by atoms with Crippen molar-refractivity contribution >= 4 is 21.6 Å². The van der Waals surface area contributed by atoms with E-state index in [1.807, 2.05) is 50.2 Å². The quantitative estimate of drug-likeness (QED) is 0.547. The van der Waals surface area contributed by atoms with Crippen molar-refractivity contribution in [2.75, 3.05) is 23.8 Å². The molecular weight excluding hydrogens is 452 g/mol. The second kappa shape index (κ2) is 9.77. The van der Waals surface area contributed by atoms with E-state index < -0.39 is 10.0 Å². The summed E-state index contributed by atoms with van der Waals surface area (Å²) in [5, 5.41) is 2.99. The minimum atomic E-state index is -3.48. The fraction of sp³-hybridized carbons (Fsp3) is 0.269. The summed E-state index contributed by atoms with van der Waals surface area (Å²) in [6.45, 7) is 5.04. The summed E-state index contributed by atoms with van der Waals surface area (Å²) in [7, 11) is -3.48. The van der Waals surface area contributed by atoms with Crippen molar-refractivity contribution in [1.82, 2.24) is 5.32 Å². The molecule has 1 atom stereocenters. The molecule has 34 heavy (non-hydrogen) atoms. The minimum Gasteiger partial charge on any atom is -0.486 e. The molecule has 0 saturated carbocycles. The third-order valence-electron chi connectivity index (χ3n) is 5.65. The number of carbonyl (C=O) groups excluding carboxylic acids is 1. The van der Waals surface area contributed by atoms with E-state index in [1.54, 1.807) is 30.3 Å². The number of carbonyl (C=O) groups is 1. The summed E-state index contributed by atoms with van der Waals surface area (Å²) in [5.41, 5.74) is 3.78. The Kier molecular flexibility index (Phi) is 6.79. The molecule has 1 aliphatic rings. The van der Waals surface area contributed by atoms with Crippen molar-refractivity contribution in [1.29, 1.82) is 0 Å². The molecule has 0 fully saturated rings. The number of rotatable bonds is 7. The summed E-state index contributed by atoms with van der Waals surface area (Å²) in [5.74, 6) is 1.17. The maximum absolute atomic E-state index is 12.8. The SMILES string of the molecule is Cc1cccc(N(Cc2ccc(C(=O)N[C@@H](C)c3ccc4c(c3)OCCO4)cc2)S(C)(=O)=O)c1. The first-order valence-corrected chi connectivity index (χ1v) is 12.9. The molecule has 3 aromatic rings. The molecule has 1 N–H and O–H groups in total. The van der Waals surface area contributed by atoms with Crippen LogP contribution in [0.4, 0.5) is 5.69 Å². The van der Waals surface area contributed by atoms with E-state index in [0.717, 1.165) is 16.7 Å². The topological polar surface area (TPSA) is 84.9 Å². The molecule has 3 aromatic carbocycles. The van der Waals surface area contributed by atoms with Crippen molar-refractivity contribution in [2.45, 2.75) is 26.4 Å². The Morgan fingerprint density at radius 3 is 2.38 bits per heavy atom. The highest BCUT2D eigenvalue weighted by Crippen LogP contribution is 2.32. The van der Waals surface area contributed by atoms with E-state index in [0.29, 0.717) is 36.0 Å². The summed E-state index contributed by atoms with van der Waals surface area (Å²) in [4.78, 5) is 12.8. The van der Waals surface area contributed by atoms with Crippen LogP contribution in [0.15, 0.2) is 66.7 Å². The highest BCUT2D eigenvalue weighted by Gasteiger charge is 2.19. The average Bonchev–Trinajstić information content (AvgIpc) is 2.81. The lowest BCUT2D eigenvalue weighted by Crippen LogP contribution is -2.29. The van der Waals surface area contributed by atoms with E-state index >= 15 is 0 Å². The van der Waals surface area contributed by atoms with Crippen molar-refractivity contribution in [3.63, 3.8) is 0 Å². The van der Waals surface area contributed by atoms with E-state index in [2.05, 4.69) is 5.32 Å². The number of aryl methyl sites for hydroxylation is 1. The van der Waals surface area contributed by atoms with Crippen LogP contribution >= 0.6 is 0 Å². The van der Waals surface area contributed by atoms with E-state index in [-0.39, 0.29) is 18.5 Å². The molecular formula is C26H28N2O5S. The molecule has 1 amide bonds. The molecule has 0 aliphatic carbocycles. The van der Waals surface area contributed by atoms with Gasteiger partial charge in [-0.25, -0.2) is 8.42 Å². The van der Waals surface area contributed by atoms with Gasteiger partial charge < -0.3 is 14.8 Å². The molecule has 178 valence electrons. The van der Waals surface area contributed by atoms with Gasteiger partial charge in [0.15, 0.2) is 11.5 Å². The van der Waals surface area contributed by atoms with Crippen LogP contribution in [0, 0.1) is 6.92 Å². The van der Waals surface area contributed by atoms with E-state index in [1.165, 1.54) is 10.6 Å². The van der Waals surface area contributed by atoms with Crippen LogP contribution in [0.3, 0.4) is 0 Å². The average molecular weight is 481 g/mol. The van der Waals surface area contributed by atoms with E-state index in [9.17, 15) is 13.2 Å². The van der Waals surface area contributed by atoms with Gasteiger partial charge in [0.2, 0.25) is 10.0 Å². The van der Waals surface area contributed by atoms with Crippen LogP contribution in [0.5, 0.6) is 11.5 Å². The number of hydrogen-bond acceptors (Lipinski definition) is 5.